The molecule has 0 bridgehead atoms. The highest BCUT2D eigenvalue weighted by Crippen LogP contribution is 2.21. The fraction of sp³-hybridized carbons (Fsp3) is 0.304. The predicted octanol–water partition coefficient (Wildman–Crippen LogP) is 4.01. The van der Waals surface area contributed by atoms with Gasteiger partial charge < -0.3 is 14.8 Å². The van der Waals surface area contributed by atoms with E-state index in [9.17, 15) is 9.18 Å². The number of anilines is 1. The zero-order chi connectivity index (χ0) is 21.5. The van der Waals surface area contributed by atoms with Crippen LogP contribution in [0.15, 0.2) is 54.7 Å². The molecule has 0 fully saturated rings. The van der Waals surface area contributed by atoms with Crippen molar-refractivity contribution in [2.75, 3.05) is 19.0 Å². The Bertz CT molecular complexity index is 986. The summed E-state index contributed by atoms with van der Waals surface area (Å²) in [5.41, 5.74) is 2.46. The number of nitrogens with one attached hydrogen (secondary N) is 1. The lowest BCUT2D eigenvalue weighted by Crippen LogP contribution is -2.19. The van der Waals surface area contributed by atoms with Gasteiger partial charge in [0.15, 0.2) is 5.82 Å². The summed E-state index contributed by atoms with van der Waals surface area (Å²) in [6.45, 7) is 2.34. The summed E-state index contributed by atoms with van der Waals surface area (Å²) in [7, 11) is 3.40. The second-order valence-corrected chi connectivity index (χ2v) is 7.20. The van der Waals surface area contributed by atoms with Crippen molar-refractivity contribution in [3.63, 3.8) is 0 Å². The van der Waals surface area contributed by atoms with Gasteiger partial charge in [-0.15, -0.1) is 0 Å². The van der Waals surface area contributed by atoms with Gasteiger partial charge >= 0.3 is 0 Å². The van der Waals surface area contributed by atoms with Crippen molar-refractivity contribution < 1.29 is 18.7 Å². The SMILES string of the molecule is COC[C@H](C)Oc1cc(CCc2ccc(F)cc2)cc(C(=O)Nc2ccn(C)n2)c1. The van der Waals surface area contributed by atoms with Gasteiger partial charge in [0.2, 0.25) is 0 Å². The summed E-state index contributed by atoms with van der Waals surface area (Å²) >= 11 is 0. The highest BCUT2D eigenvalue weighted by atomic mass is 19.1. The minimum absolute atomic E-state index is 0.158. The zero-order valence-corrected chi connectivity index (χ0v) is 17.4. The first-order chi connectivity index (χ1) is 14.4. The first-order valence-electron chi connectivity index (χ1n) is 9.78. The molecule has 1 N–H and O–H groups in total. The Morgan fingerprint density at radius 3 is 2.53 bits per heavy atom. The van der Waals surface area contributed by atoms with Gasteiger partial charge in [0.05, 0.1) is 6.61 Å². The van der Waals surface area contributed by atoms with Crippen molar-refractivity contribution >= 4 is 11.7 Å². The van der Waals surface area contributed by atoms with Crippen molar-refractivity contribution in [1.29, 1.82) is 0 Å². The molecule has 0 saturated heterocycles. The number of aryl methyl sites for hydroxylation is 3. The standard InChI is InChI=1S/C23H26FN3O3/c1-16(15-29-3)30-21-13-18(5-4-17-6-8-20(24)9-7-17)12-19(14-21)23(28)25-22-10-11-27(2)26-22/h6-14,16H,4-5,15H2,1-3H3,(H,25,26,28)/t16-/m0/s1. The van der Waals surface area contributed by atoms with Crippen LogP contribution in [0.5, 0.6) is 5.75 Å². The molecular weight excluding hydrogens is 385 g/mol. The smallest absolute Gasteiger partial charge is 0.257 e. The van der Waals surface area contributed by atoms with Crippen LogP contribution in [0.1, 0.15) is 28.4 Å². The van der Waals surface area contributed by atoms with Gasteiger partial charge in [-0.25, -0.2) is 4.39 Å². The van der Waals surface area contributed by atoms with Crippen LogP contribution in [0.2, 0.25) is 0 Å². The number of hydrogen-bond donors (Lipinski definition) is 1. The zero-order valence-electron chi connectivity index (χ0n) is 17.4. The van der Waals surface area contributed by atoms with Gasteiger partial charge in [0.1, 0.15) is 17.7 Å². The quantitative estimate of drug-likeness (QED) is 0.578. The number of benzene rings is 2. The molecule has 2 aromatic carbocycles. The number of hydrogen-bond acceptors (Lipinski definition) is 4. The number of halogens is 1. The number of carbonyl (C=O) groups is 1. The van der Waals surface area contributed by atoms with Crippen LogP contribution in [-0.2, 0) is 24.6 Å². The highest BCUT2D eigenvalue weighted by molar-refractivity contribution is 6.04. The summed E-state index contributed by atoms with van der Waals surface area (Å²) < 4.78 is 25.8. The molecule has 3 aromatic rings. The number of ether oxygens (including phenoxy) is 2. The number of aromatic nitrogens is 2. The van der Waals surface area contributed by atoms with E-state index >= 15 is 0 Å². The average Bonchev–Trinajstić information content (AvgIpc) is 3.12. The first-order valence-corrected chi connectivity index (χ1v) is 9.78. The Morgan fingerprint density at radius 1 is 1.13 bits per heavy atom. The van der Waals surface area contributed by atoms with E-state index in [0.29, 0.717) is 30.2 Å². The topological polar surface area (TPSA) is 65.4 Å². The van der Waals surface area contributed by atoms with Crippen molar-refractivity contribution in [2.24, 2.45) is 7.05 Å². The number of rotatable bonds is 9. The molecule has 158 valence electrons. The third kappa shape index (κ3) is 6.15. The minimum Gasteiger partial charge on any atom is -0.488 e. The van der Waals surface area contributed by atoms with Crippen LogP contribution in [0.25, 0.3) is 0 Å². The van der Waals surface area contributed by atoms with E-state index in [4.69, 9.17) is 9.47 Å². The maximum absolute atomic E-state index is 13.1. The number of nitrogens with zero attached hydrogens (tertiary/aromatic N) is 2. The van der Waals surface area contributed by atoms with E-state index < -0.39 is 0 Å². The lowest BCUT2D eigenvalue weighted by molar-refractivity contribution is 0.0916. The predicted molar refractivity (Wildman–Crippen MR) is 113 cm³/mol. The van der Waals surface area contributed by atoms with Gasteiger partial charge in [-0.05, 0) is 61.2 Å². The summed E-state index contributed by atoms with van der Waals surface area (Å²) in [6, 6.07) is 13.7. The van der Waals surface area contributed by atoms with E-state index in [1.165, 1.54) is 12.1 Å². The van der Waals surface area contributed by atoms with E-state index in [0.717, 1.165) is 17.5 Å². The summed E-state index contributed by atoms with van der Waals surface area (Å²) in [5.74, 6) is 0.563. The van der Waals surface area contributed by atoms with Crippen molar-refractivity contribution in [3.05, 3.63) is 77.2 Å². The van der Waals surface area contributed by atoms with Crippen LogP contribution in [0.4, 0.5) is 10.2 Å². The van der Waals surface area contributed by atoms with Crippen molar-refractivity contribution in [2.45, 2.75) is 25.9 Å². The van der Waals surface area contributed by atoms with E-state index in [2.05, 4.69) is 10.4 Å². The molecule has 7 heteroatoms. The molecule has 30 heavy (non-hydrogen) atoms. The molecule has 1 heterocycles. The van der Waals surface area contributed by atoms with Crippen molar-refractivity contribution in [1.82, 2.24) is 9.78 Å². The fourth-order valence-corrected chi connectivity index (χ4v) is 3.12. The molecule has 1 amide bonds. The number of carbonyl (C=O) groups excluding carboxylic acids is 1. The summed E-state index contributed by atoms with van der Waals surface area (Å²) in [5, 5.41) is 6.98. The number of amides is 1. The van der Waals surface area contributed by atoms with Gasteiger partial charge in [-0.1, -0.05) is 12.1 Å². The maximum atomic E-state index is 13.1. The lowest BCUT2D eigenvalue weighted by Gasteiger charge is -2.16. The normalized spacial score (nSPS) is 11.9. The molecule has 0 saturated carbocycles. The minimum atomic E-state index is -0.262. The van der Waals surface area contributed by atoms with Crippen molar-refractivity contribution in [3.8, 4) is 5.75 Å². The second-order valence-electron chi connectivity index (χ2n) is 7.20. The fourth-order valence-electron chi connectivity index (χ4n) is 3.12. The Morgan fingerprint density at radius 2 is 1.87 bits per heavy atom. The molecule has 6 nitrogen and oxygen atoms in total. The summed E-state index contributed by atoms with van der Waals surface area (Å²) in [6.07, 6.45) is 3.01. The Labute approximate surface area is 175 Å². The third-order valence-corrected chi connectivity index (χ3v) is 4.54. The molecule has 3 rings (SSSR count). The molecule has 0 aliphatic heterocycles. The first kappa shape index (κ1) is 21.5. The van der Waals surface area contributed by atoms with Crippen LogP contribution < -0.4 is 10.1 Å². The molecule has 1 aromatic heterocycles. The monoisotopic (exact) mass is 411 g/mol. The molecule has 0 unspecified atom stereocenters. The van der Waals surface area contributed by atoms with Gasteiger partial charge in [-0.3, -0.25) is 9.48 Å². The molecular formula is C23H26FN3O3. The van der Waals surface area contributed by atoms with Gasteiger partial charge in [0, 0.05) is 32.0 Å². The molecule has 0 spiro atoms. The van der Waals surface area contributed by atoms with Crippen LogP contribution >= 0.6 is 0 Å². The third-order valence-electron chi connectivity index (χ3n) is 4.54. The maximum Gasteiger partial charge on any atom is 0.257 e. The van der Waals surface area contributed by atoms with Gasteiger partial charge in [-0.2, -0.15) is 5.10 Å². The van der Waals surface area contributed by atoms with E-state index in [1.807, 2.05) is 19.1 Å². The largest absolute Gasteiger partial charge is 0.488 e. The van der Waals surface area contributed by atoms with Crippen LogP contribution in [0.3, 0.4) is 0 Å². The van der Waals surface area contributed by atoms with E-state index in [-0.39, 0.29) is 17.8 Å². The van der Waals surface area contributed by atoms with E-state index in [1.54, 1.807) is 49.3 Å². The second kappa shape index (κ2) is 10.0. The Kier molecular flexibility index (Phi) is 7.19. The average molecular weight is 411 g/mol. The lowest BCUT2D eigenvalue weighted by atomic mass is 10.0. The molecule has 0 aliphatic rings. The Hall–Kier alpha value is -3.19. The summed E-state index contributed by atoms with van der Waals surface area (Å²) in [4.78, 5) is 12.8. The van der Waals surface area contributed by atoms with Crippen LogP contribution in [0, 0.1) is 5.82 Å². The number of methoxy groups -OCH3 is 1. The molecule has 1 atom stereocenters. The molecule has 0 radical (unpaired) electrons. The highest BCUT2D eigenvalue weighted by Gasteiger charge is 2.13. The Balaban J connectivity index is 1.79. The van der Waals surface area contributed by atoms with Crippen LogP contribution in [-0.4, -0.2) is 35.5 Å². The van der Waals surface area contributed by atoms with Gasteiger partial charge in [0.25, 0.3) is 5.91 Å². The molecule has 0 aliphatic carbocycles.